The lowest BCUT2D eigenvalue weighted by atomic mass is 10.3. The number of carboxylic acid groups (broad SMARTS) is 1. The Hall–Kier alpha value is -1.85. The summed E-state index contributed by atoms with van der Waals surface area (Å²) in [5.41, 5.74) is 0.676. The van der Waals surface area contributed by atoms with Crippen molar-refractivity contribution >= 4 is 11.8 Å². The number of aromatic nitrogens is 2. The average molecular weight is 225 g/mol. The van der Waals surface area contributed by atoms with Crippen LogP contribution >= 0.6 is 0 Å². The molecule has 6 heteroatoms. The Morgan fingerprint density at radius 3 is 2.56 bits per heavy atom. The van der Waals surface area contributed by atoms with Crippen LogP contribution in [-0.4, -0.2) is 34.2 Å². The molecule has 1 unspecified atom stereocenters. The molecular weight excluding hydrogens is 210 g/mol. The average Bonchev–Trinajstić information content (AvgIpc) is 2.16. The summed E-state index contributed by atoms with van der Waals surface area (Å²) in [4.78, 5) is 19.0. The van der Waals surface area contributed by atoms with E-state index >= 15 is 0 Å². The molecule has 0 saturated heterocycles. The van der Waals surface area contributed by atoms with Crippen LogP contribution in [0.4, 0.5) is 5.82 Å². The van der Waals surface area contributed by atoms with Crippen LogP contribution < -0.4 is 10.1 Å². The van der Waals surface area contributed by atoms with E-state index < -0.39 is 12.0 Å². The van der Waals surface area contributed by atoms with Gasteiger partial charge in [0.25, 0.3) is 0 Å². The van der Waals surface area contributed by atoms with Crippen LogP contribution in [0.3, 0.4) is 0 Å². The normalized spacial score (nSPS) is 12.0. The number of ether oxygens (including phenoxy) is 1. The van der Waals surface area contributed by atoms with Crippen LogP contribution in [-0.2, 0) is 4.79 Å². The van der Waals surface area contributed by atoms with E-state index in [1.54, 1.807) is 13.8 Å². The smallest absolute Gasteiger partial charge is 0.325 e. The van der Waals surface area contributed by atoms with Crippen LogP contribution in [0, 0.1) is 13.8 Å². The third-order valence-electron chi connectivity index (χ3n) is 2.07. The van der Waals surface area contributed by atoms with Gasteiger partial charge in [-0.1, -0.05) is 0 Å². The Bertz CT molecular complexity index is 407. The second-order valence-electron chi connectivity index (χ2n) is 3.44. The minimum absolute atomic E-state index is 0.405. The summed E-state index contributed by atoms with van der Waals surface area (Å²) in [6.45, 7) is 5.06. The van der Waals surface area contributed by atoms with Crippen molar-refractivity contribution in [2.75, 3.05) is 12.4 Å². The molecule has 6 nitrogen and oxygen atoms in total. The number of hydrogen-bond donors (Lipinski definition) is 2. The van der Waals surface area contributed by atoms with E-state index in [4.69, 9.17) is 9.84 Å². The first kappa shape index (κ1) is 12.2. The fourth-order valence-corrected chi connectivity index (χ4v) is 1.31. The molecule has 0 bridgehead atoms. The Labute approximate surface area is 93.7 Å². The molecule has 0 amide bonds. The van der Waals surface area contributed by atoms with E-state index in [1.807, 2.05) is 0 Å². The molecule has 1 aromatic heterocycles. The molecule has 1 heterocycles. The van der Waals surface area contributed by atoms with Crippen LogP contribution in [0.5, 0.6) is 5.75 Å². The third kappa shape index (κ3) is 2.59. The van der Waals surface area contributed by atoms with Crippen molar-refractivity contribution < 1.29 is 14.6 Å². The molecule has 0 aliphatic heterocycles. The molecule has 0 fully saturated rings. The molecule has 0 aliphatic carbocycles. The number of carboxylic acids is 1. The number of aryl methyl sites for hydroxylation is 2. The van der Waals surface area contributed by atoms with Crippen molar-refractivity contribution in [1.82, 2.24) is 9.97 Å². The molecule has 0 spiro atoms. The first-order chi connectivity index (χ1) is 7.45. The SMILES string of the molecule is COc1c(C)nc(C)nc1NC(C)C(=O)O. The maximum absolute atomic E-state index is 10.7. The number of methoxy groups -OCH3 is 1. The lowest BCUT2D eigenvalue weighted by Crippen LogP contribution is -2.26. The van der Waals surface area contributed by atoms with Gasteiger partial charge in [-0.05, 0) is 20.8 Å². The lowest BCUT2D eigenvalue weighted by molar-refractivity contribution is -0.137. The minimum atomic E-state index is -0.948. The van der Waals surface area contributed by atoms with Gasteiger partial charge in [0.15, 0.2) is 11.6 Å². The first-order valence-electron chi connectivity index (χ1n) is 4.84. The summed E-state index contributed by atoms with van der Waals surface area (Å²) in [5, 5.41) is 11.6. The number of nitrogens with one attached hydrogen (secondary N) is 1. The van der Waals surface area contributed by atoms with Crippen molar-refractivity contribution in [2.24, 2.45) is 0 Å². The highest BCUT2D eigenvalue weighted by Crippen LogP contribution is 2.25. The molecule has 0 aliphatic rings. The molecule has 2 N–H and O–H groups in total. The number of nitrogens with zero attached hydrogens (tertiary/aromatic N) is 2. The Balaban J connectivity index is 3.07. The monoisotopic (exact) mass is 225 g/mol. The number of carbonyl (C=O) groups is 1. The highest BCUT2D eigenvalue weighted by atomic mass is 16.5. The molecule has 0 aromatic carbocycles. The maximum Gasteiger partial charge on any atom is 0.325 e. The zero-order valence-electron chi connectivity index (χ0n) is 9.74. The van der Waals surface area contributed by atoms with Gasteiger partial charge < -0.3 is 15.2 Å². The maximum atomic E-state index is 10.7. The van der Waals surface area contributed by atoms with Gasteiger partial charge in [0.2, 0.25) is 0 Å². The number of hydrogen-bond acceptors (Lipinski definition) is 5. The highest BCUT2D eigenvalue weighted by molar-refractivity contribution is 5.77. The topological polar surface area (TPSA) is 84.3 Å². The van der Waals surface area contributed by atoms with Crippen molar-refractivity contribution in [3.63, 3.8) is 0 Å². The lowest BCUT2D eigenvalue weighted by Gasteiger charge is -2.14. The molecular formula is C10H15N3O3. The summed E-state index contributed by atoms with van der Waals surface area (Å²) in [5.74, 6) is 0.496. The van der Waals surface area contributed by atoms with E-state index in [1.165, 1.54) is 14.0 Å². The van der Waals surface area contributed by atoms with E-state index in [9.17, 15) is 4.79 Å². The Kier molecular flexibility index (Phi) is 3.65. The van der Waals surface area contributed by atoms with Crippen LogP contribution in [0.15, 0.2) is 0 Å². The molecule has 1 rings (SSSR count). The number of aliphatic carboxylic acids is 1. The van der Waals surface area contributed by atoms with Gasteiger partial charge in [-0.25, -0.2) is 9.97 Å². The summed E-state index contributed by atoms with van der Waals surface area (Å²) in [6.07, 6.45) is 0. The fourth-order valence-electron chi connectivity index (χ4n) is 1.31. The van der Waals surface area contributed by atoms with E-state index in [-0.39, 0.29) is 0 Å². The minimum Gasteiger partial charge on any atom is -0.491 e. The van der Waals surface area contributed by atoms with Crippen LogP contribution in [0.25, 0.3) is 0 Å². The number of rotatable bonds is 4. The molecule has 0 radical (unpaired) electrons. The second kappa shape index (κ2) is 4.78. The molecule has 1 atom stereocenters. The van der Waals surface area contributed by atoms with E-state index in [0.29, 0.717) is 23.1 Å². The second-order valence-corrected chi connectivity index (χ2v) is 3.44. The number of anilines is 1. The van der Waals surface area contributed by atoms with E-state index in [0.717, 1.165) is 0 Å². The predicted molar refractivity (Wildman–Crippen MR) is 58.8 cm³/mol. The zero-order chi connectivity index (χ0) is 12.3. The van der Waals surface area contributed by atoms with E-state index in [2.05, 4.69) is 15.3 Å². The Morgan fingerprint density at radius 1 is 1.44 bits per heavy atom. The molecule has 1 aromatic rings. The zero-order valence-corrected chi connectivity index (χ0v) is 9.74. The largest absolute Gasteiger partial charge is 0.491 e. The summed E-state index contributed by atoms with van der Waals surface area (Å²) < 4.78 is 5.13. The van der Waals surface area contributed by atoms with Gasteiger partial charge in [0, 0.05) is 0 Å². The quantitative estimate of drug-likeness (QED) is 0.794. The van der Waals surface area contributed by atoms with Crippen LogP contribution in [0.1, 0.15) is 18.4 Å². The predicted octanol–water partition coefficient (Wildman–Crippen LogP) is 0.987. The van der Waals surface area contributed by atoms with Crippen molar-refractivity contribution in [2.45, 2.75) is 26.8 Å². The van der Waals surface area contributed by atoms with Crippen LogP contribution in [0.2, 0.25) is 0 Å². The third-order valence-corrected chi connectivity index (χ3v) is 2.07. The fraction of sp³-hybridized carbons (Fsp3) is 0.500. The summed E-state index contributed by atoms with van der Waals surface area (Å²) >= 11 is 0. The van der Waals surface area contributed by atoms with Crippen molar-refractivity contribution in [1.29, 1.82) is 0 Å². The first-order valence-corrected chi connectivity index (χ1v) is 4.84. The standard InChI is InChI=1S/C10H15N3O3/c1-5-8(16-4)9(13-7(3)11-5)12-6(2)10(14)15/h6H,1-4H3,(H,14,15)(H,11,12,13). The molecule has 16 heavy (non-hydrogen) atoms. The molecule has 0 saturated carbocycles. The van der Waals surface area contributed by atoms with Crippen molar-refractivity contribution in [3.8, 4) is 5.75 Å². The van der Waals surface area contributed by atoms with Gasteiger partial charge >= 0.3 is 5.97 Å². The molecule has 88 valence electrons. The van der Waals surface area contributed by atoms with Gasteiger partial charge in [-0.15, -0.1) is 0 Å². The van der Waals surface area contributed by atoms with Gasteiger partial charge in [-0.2, -0.15) is 0 Å². The van der Waals surface area contributed by atoms with Crippen molar-refractivity contribution in [3.05, 3.63) is 11.5 Å². The van der Waals surface area contributed by atoms with Gasteiger partial charge in [-0.3, -0.25) is 4.79 Å². The Morgan fingerprint density at radius 2 is 2.06 bits per heavy atom. The summed E-state index contributed by atoms with van der Waals surface area (Å²) in [6, 6.07) is -0.734. The highest BCUT2D eigenvalue weighted by Gasteiger charge is 2.16. The van der Waals surface area contributed by atoms with Gasteiger partial charge in [0.1, 0.15) is 11.9 Å². The van der Waals surface area contributed by atoms with Gasteiger partial charge in [0.05, 0.1) is 12.8 Å². The summed E-state index contributed by atoms with van der Waals surface area (Å²) in [7, 11) is 1.50.